The Labute approximate surface area is 304 Å². The van der Waals surface area contributed by atoms with Gasteiger partial charge in [-0.15, -0.1) is 22.0 Å². The quantitative estimate of drug-likeness (QED) is 0.0472. The van der Waals surface area contributed by atoms with Gasteiger partial charge in [-0.3, -0.25) is 19.2 Å². The predicted octanol–water partition coefficient (Wildman–Crippen LogP) is 1.88. The van der Waals surface area contributed by atoms with Crippen molar-refractivity contribution in [2.24, 2.45) is 16.0 Å². The molecule has 2 saturated heterocycles. The van der Waals surface area contributed by atoms with Crippen LogP contribution in [-0.4, -0.2) is 115 Å². The molecular weight excluding hydrogens is 735 g/mol. The van der Waals surface area contributed by atoms with Crippen LogP contribution >= 0.6 is 46.4 Å². The molecular formula is C28H39N9O9S4. The second kappa shape index (κ2) is 16.5. The average molecular weight is 774 g/mol. The number of amides is 3. The molecule has 18 nitrogen and oxygen atoms in total. The van der Waals surface area contributed by atoms with E-state index in [-0.39, 0.29) is 47.9 Å². The van der Waals surface area contributed by atoms with Crippen LogP contribution in [0.3, 0.4) is 0 Å². The van der Waals surface area contributed by atoms with Gasteiger partial charge in [0.1, 0.15) is 34.5 Å². The second-order valence-corrected chi connectivity index (χ2v) is 17.1. The van der Waals surface area contributed by atoms with E-state index in [4.69, 9.17) is 24.8 Å². The Morgan fingerprint density at radius 1 is 1.18 bits per heavy atom. The molecule has 0 saturated carbocycles. The second-order valence-electron chi connectivity index (χ2n) is 13.1. The number of esters is 2. The number of thioether (sulfide) groups is 2. The predicted molar refractivity (Wildman–Crippen MR) is 185 cm³/mol. The highest BCUT2D eigenvalue weighted by Crippen LogP contribution is 2.45. The van der Waals surface area contributed by atoms with Gasteiger partial charge in [0.2, 0.25) is 24.2 Å². The summed E-state index contributed by atoms with van der Waals surface area (Å²) < 4.78 is 20.4. The fourth-order valence-corrected chi connectivity index (χ4v) is 8.08. The lowest BCUT2D eigenvalue weighted by Gasteiger charge is -2.54. The van der Waals surface area contributed by atoms with Crippen molar-refractivity contribution in [1.82, 2.24) is 35.1 Å². The summed E-state index contributed by atoms with van der Waals surface area (Å²) in [6, 6.07) is -0.940. The van der Waals surface area contributed by atoms with Gasteiger partial charge >= 0.3 is 18.0 Å². The summed E-state index contributed by atoms with van der Waals surface area (Å²) in [5.74, 6) is -1.99. The molecule has 3 amide bonds. The number of nitrogens with one attached hydrogen (secondary N) is 2. The molecule has 50 heavy (non-hydrogen) atoms. The molecule has 4 N–H and O–H groups in total. The topological polar surface area (TPSA) is 240 Å². The van der Waals surface area contributed by atoms with Crippen LogP contribution in [0.5, 0.6) is 0 Å². The van der Waals surface area contributed by atoms with Gasteiger partial charge in [0.15, 0.2) is 9.47 Å². The Hall–Kier alpha value is -3.76. The summed E-state index contributed by atoms with van der Waals surface area (Å²) in [6.07, 6.45) is -0.228. The van der Waals surface area contributed by atoms with Crippen LogP contribution < -0.4 is 16.4 Å². The number of anilines is 1. The number of rotatable bonds is 14. The number of carbonyl (C=O) groups excluding carboxylic acids is 5. The van der Waals surface area contributed by atoms with Gasteiger partial charge in [0, 0.05) is 42.5 Å². The minimum absolute atomic E-state index is 0.000706. The molecule has 0 aliphatic carbocycles. The Balaban J connectivity index is 1.37. The number of oxime groups is 1. The van der Waals surface area contributed by atoms with Crippen molar-refractivity contribution in [1.29, 1.82) is 0 Å². The number of alkyl carbamates (subject to hydrolysis) is 1. The molecule has 0 spiro atoms. The standard InChI is InChI=1S/C28H39N9O9S4/c1-26(2,3)21(40)43-14-44-22(41)28(12-48-25-34-31-13-49-25)10-37-19(39)16(20(37)47-11-28)32-18(38)15(17-33-23(29)50-36-17)35-45-9-7-8-30-24(42)46-27(4,5)6/h13,16,20H,7-12,14H2,1-6H3,(H,30,42)(H,32,38)(H2,29,33,36)/t16?,20-,28?/m1/s1. The molecule has 2 aromatic rings. The summed E-state index contributed by atoms with van der Waals surface area (Å²) in [4.78, 5) is 75.2. The third-order valence-electron chi connectivity index (χ3n) is 6.77. The number of nitrogens with zero attached hydrogens (tertiary/aromatic N) is 6. The maximum absolute atomic E-state index is 13.5. The number of fused-ring (bicyclic) bond motifs is 1. The third-order valence-corrected chi connectivity index (χ3v) is 11.1. The Morgan fingerprint density at radius 2 is 1.94 bits per heavy atom. The molecule has 3 atom stereocenters. The number of aromatic nitrogens is 4. The first-order valence-corrected chi connectivity index (χ1v) is 18.9. The smallest absolute Gasteiger partial charge is 0.407 e. The number of carbonyl (C=O) groups is 5. The van der Waals surface area contributed by atoms with Crippen molar-refractivity contribution < 1.29 is 43.0 Å². The molecule has 2 fully saturated rings. The molecule has 22 heteroatoms. The van der Waals surface area contributed by atoms with E-state index in [9.17, 15) is 24.0 Å². The first-order chi connectivity index (χ1) is 23.5. The summed E-state index contributed by atoms with van der Waals surface area (Å²) in [5.41, 5.74) is 4.42. The summed E-state index contributed by atoms with van der Waals surface area (Å²) in [7, 11) is 0. The fraction of sp³-hybridized carbons (Fsp3) is 0.643. The van der Waals surface area contributed by atoms with Crippen LogP contribution in [0, 0.1) is 10.8 Å². The van der Waals surface area contributed by atoms with Crippen LogP contribution in [0.25, 0.3) is 0 Å². The van der Waals surface area contributed by atoms with E-state index in [0.717, 1.165) is 11.5 Å². The van der Waals surface area contributed by atoms with E-state index in [1.165, 1.54) is 39.8 Å². The number of nitrogen functional groups attached to an aromatic ring is 1. The van der Waals surface area contributed by atoms with E-state index in [1.54, 1.807) is 47.1 Å². The molecule has 0 aromatic carbocycles. The maximum Gasteiger partial charge on any atom is 0.407 e. The summed E-state index contributed by atoms with van der Waals surface area (Å²) in [6.45, 7) is 9.99. The molecule has 2 unspecified atom stereocenters. The lowest BCUT2D eigenvalue weighted by atomic mass is 9.89. The van der Waals surface area contributed by atoms with E-state index in [2.05, 4.69) is 35.3 Å². The van der Waals surface area contributed by atoms with E-state index >= 15 is 0 Å². The molecule has 4 heterocycles. The minimum Gasteiger partial charge on any atom is -0.444 e. The van der Waals surface area contributed by atoms with Crippen molar-refractivity contribution in [2.75, 3.05) is 43.7 Å². The molecule has 4 rings (SSSR count). The zero-order valence-electron chi connectivity index (χ0n) is 28.2. The number of nitrogens with two attached hydrogens (primary N) is 1. The maximum atomic E-state index is 13.5. The average Bonchev–Trinajstić information content (AvgIpc) is 3.72. The van der Waals surface area contributed by atoms with Crippen molar-refractivity contribution in [2.45, 2.75) is 69.3 Å². The fourth-order valence-electron chi connectivity index (χ4n) is 4.31. The van der Waals surface area contributed by atoms with Crippen molar-refractivity contribution in [3.63, 3.8) is 0 Å². The first kappa shape index (κ1) is 39.0. The lowest BCUT2D eigenvalue weighted by molar-refractivity contribution is -0.180. The Bertz CT molecular complexity index is 1580. The van der Waals surface area contributed by atoms with Gasteiger partial charge in [0.05, 0.1) is 5.41 Å². The SMILES string of the molecule is CC(C)(C)OC(=O)NCCCON=C(C(=O)NC1C(=O)N2CC(CSc3nncs3)(C(=O)OCOC(=O)C(C)(C)C)CS[C@H]12)c1nsc(N)n1. The Morgan fingerprint density at radius 3 is 2.58 bits per heavy atom. The van der Waals surface area contributed by atoms with Crippen molar-refractivity contribution in [3.8, 4) is 0 Å². The van der Waals surface area contributed by atoms with E-state index < -0.39 is 64.5 Å². The minimum atomic E-state index is -1.17. The van der Waals surface area contributed by atoms with Gasteiger partial charge < -0.3 is 40.3 Å². The largest absolute Gasteiger partial charge is 0.444 e. The summed E-state index contributed by atoms with van der Waals surface area (Å²) >= 11 is 4.76. The van der Waals surface area contributed by atoms with Crippen molar-refractivity contribution in [3.05, 3.63) is 11.3 Å². The van der Waals surface area contributed by atoms with E-state index in [0.29, 0.717) is 10.8 Å². The third kappa shape index (κ3) is 10.4. The first-order valence-electron chi connectivity index (χ1n) is 15.2. The number of hydrogen-bond acceptors (Lipinski definition) is 19. The molecule has 0 radical (unpaired) electrons. The van der Waals surface area contributed by atoms with Gasteiger partial charge in [-0.1, -0.05) is 28.3 Å². The normalized spacial score (nSPS) is 20.6. The van der Waals surface area contributed by atoms with Crippen LogP contribution in [0.1, 0.15) is 53.8 Å². The molecule has 2 aromatic heterocycles. The molecule has 2 aliphatic heterocycles. The van der Waals surface area contributed by atoms with Crippen LogP contribution in [0.4, 0.5) is 9.93 Å². The van der Waals surface area contributed by atoms with Gasteiger partial charge in [-0.2, -0.15) is 9.36 Å². The lowest BCUT2D eigenvalue weighted by Crippen LogP contribution is -2.74. The van der Waals surface area contributed by atoms with Gasteiger partial charge in [-0.25, -0.2) is 4.79 Å². The van der Waals surface area contributed by atoms with E-state index in [1.807, 2.05) is 0 Å². The van der Waals surface area contributed by atoms with Crippen LogP contribution in [-0.2, 0) is 38.2 Å². The monoisotopic (exact) mass is 773 g/mol. The highest BCUT2D eigenvalue weighted by molar-refractivity contribution is 8.01. The zero-order valence-corrected chi connectivity index (χ0v) is 31.5. The Kier molecular flexibility index (Phi) is 12.9. The van der Waals surface area contributed by atoms with Crippen molar-refractivity contribution >= 4 is 87.1 Å². The van der Waals surface area contributed by atoms with Crippen LogP contribution in [0.15, 0.2) is 15.0 Å². The number of ether oxygens (including phenoxy) is 3. The van der Waals surface area contributed by atoms with Gasteiger partial charge in [0.25, 0.3) is 5.91 Å². The van der Waals surface area contributed by atoms with Gasteiger partial charge in [-0.05, 0) is 41.5 Å². The number of β-lactam (4-membered cyclic amide) rings is 1. The highest BCUT2D eigenvalue weighted by atomic mass is 32.2. The molecule has 2 aliphatic rings. The number of hydrogen-bond donors (Lipinski definition) is 3. The summed E-state index contributed by atoms with van der Waals surface area (Å²) in [5, 5.41) is 16.7. The molecule has 274 valence electrons. The zero-order chi connectivity index (χ0) is 36.7. The van der Waals surface area contributed by atoms with Crippen LogP contribution in [0.2, 0.25) is 0 Å². The molecule has 0 bridgehead atoms. The highest BCUT2D eigenvalue weighted by Gasteiger charge is 2.58.